The van der Waals surface area contributed by atoms with E-state index in [-0.39, 0.29) is 11.7 Å². The van der Waals surface area contributed by atoms with Gasteiger partial charge in [-0.05, 0) is 48.4 Å². The molecule has 0 aliphatic rings. The highest BCUT2D eigenvalue weighted by Gasteiger charge is 2.03. The minimum Gasteiger partial charge on any atom is -0.381 e. The molecule has 2 aromatic carbocycles. The van der Waals surface area contributed by atoms with Gasteiger partial charge in [-0.2, -0.15) is 0 Å². The van der Waals surface area contributed by atoms with Crippen LogP contribution < -0.4 is 10.6 Å². The van der Waals surface area contributed by atoms with Crippen LogP contribution in [0, 0.1) is 12.7 Å². The molecule has 2 N–H and O–H groups in total. The van der Waals surface area contributed by atoms with Gasteiger partial charge in [0.05, 0.1) is 0 Å². The molecule has 104 valence electrons. The van der Waals surface area contributed by atoms with Gasteiger partial charge in [-0.1, -0.05) is 12.1 Å². The van der Waals surface area contributed by atoms with Gasteiger partial charge in [0.2, 0.25) is 0 Å². The van der Waals surface area contributed by atoms with Crippen molar-refractivity contribution in [1.29, 1.82) is 0 Å². The van der Waals surface area contributed by atoms with Crippen LogP contribution in [0.25, 0.3) is 0 Å². The number of nitrogens with one attached hydrogen (secondary N) is 2. The summed E-state index contributed by atoms with van der Waals surface area (Å²) in [5.41, 5.74) is 3.02. The molecule has 0 atom stereocenters. The molecule has 0 aliphatic heterocycles. The number of carbonyl (C=O) groups is 1. The molecule has 0 radical (unpaired) electrons. The molecule has 0 fully saturated rings. The molecule has 20 heavy (non-hydrogen) atoms. The maximum absolute atomic E-state index is 13.4. The Bertz CT molecular complexity index is 608. The number of aryl methyl sites for hydroxylation is 1. The molecule has 0 aromatic heterocycles. The smallest absolute Gasteiger partial charge is 0.251 e. The molecule has 0 saturated heterocycles. The third kappa shape index (κ3) is 3.35. The standard InChI is InChI=1S/C16H17FN2O/c1-11-3-4-12(9-15(11)17)10-19-14-7-5-13(6-8-14)16(20)18-2/h3-9,19H,10H2,1-2H3,(H,18,20). The first-order valence-corrected chi connectivity index (χ1v) is 6.41. The Kier molecular flexibility index (Phi) is 4.35. The fourth-order valence-electron chi connectivity index (χ4n) is 1.83. The van der Waals surface area contributed by atoms with Crippen LogP contribution in [0.5, 0.6) is 0 Å². The van der Waals surface area contributed by atoms with E-state index in [0.29, 0.717) is 17.7 Å². The van der Waals surface area contributed by atoms with E-state index in [2.05, 4.69) is 10.6 Å². The molecular formula is C16H17FN2O. The van der Waals surface area contributed by atoms with E-state index in [1.54, 1.807) is 32.2 Å². The van der Waals surface area contributed by atoms with E-state index < -0.39 is 0 Å². The van der Waals surface area contributed by atoms with Crippen molar-refractivity contribution in [1.82, 2.24) is 5.32 Å². The maximum atomic E-state index is 13.4. The van der Waals surface area contributed by atoms with Crippen LogP contribution in [-0.4, -0.2) is 13.0 Å². The van der Waals surface area contributed by atoms with Crippen molar-refractivity contribution in [3.63, 3.8) is 0 Å². The number of hydrogen-bond donors (Lipinski definition) is 2. The van der Waals surface area contributed by atoms with Gasteiger partial charge in [0.25, 0.3) is 5.91 Å². The number of amides is 1. The zero-order valence-corrected chi connectivity index (χ0v) is 11.5. The second kappa shape index (κ2) is 6.19. The van der Waals surface area contributed by atoms with E-state index in [4.69, 9.17) is 0 Å². The van der Waals surface area contributed by atoms with E-state index in [0.717, 1.165) is 11.3 Å². The molecule has 0 heterocycles. The first kappa shape index (κ1) is 14.1. The lowest BCUT2D eigenvalue weighted by molar-refractivity contribution is 0.0963. The normalized spacial score (nSPS) is 10.2. The molecule has 0 bridgehead atoms. The Morgan fingerprint density at radius 3 is 2.45 bits per heavy atom. The summed E-state index contributed by atoms with van der Waals surface area (Å²) in [4.78, 5) is 11.4. The largest absolute Gasteiger partial charge is 0.381 e. The van der Waals surface area contributed by atoms with Crippen molar-refractivity contribution in [2.45, 2.75) is 13.5 Å². The van der Waals surface area contributed by atoms with Crippen molar-refractivity contribution in [3.8, 4) is 0 Å². The quantitative estimate of drug-likeness (QED) is 0.898. The number of anilines is 1. The van der Waals surface area contributed by atoms with Crippen LogP contribution in [0.1, 0.15) is 21.5 Å². The minimum atomic E-state index is -0.195. The van der Waals surface area contributed by atoms with E-state index in [9.17, 15) is 9.18 Å². The zero-order chi connectivity index (χ0) is 14.5. The number of benzene rings is 2. The summed E-state index contributed by atoms with van der Waals surface area (Å²) < 4.78 is 13.4. The van der Waals surface area contributed by atoms with Gasteiger partial charge in [0.1, 0.15) is 5.82 Å². The predicted molar refractivity (Wildman–Crippen MR) is 78.3 cm³/mol. The Hall–Kier alpha value is -2.36. The monoisotopic (exact) mass is 272 g/mol. The highest BCUT2D eigenvalue weighted by Crippen LogP contribution is 2.13. The predicted octanol–water partition coefficient (Wildman–Crippen LogP) is 3.11. The lowest BCUT2D eigenvalue weighted by Crippen LogP contribution is -2.17. The van der Waals surface area contributed by atoms with Gasteiger partial charge >= 0.3 is 0 Å². The van der Waals surface area contributed by atoms with Crippen LogP contribution in [0.4, 0.5) is 10.1 Å². The highest BCUT2D eigenvalue weighted by molar-refractivity contribution is 5.94. The zero-order valence-electron chi connectivity index (χ0n) is 11.5. The van der Waals surface area contributed by atoms with Gasteiger partial charge in [0, 0.05) is 24.8 Å². The maximum Gasteiger partial charge on any atom is 0.251 e. The van der Waals surface area contributed by atoms with Crippen molar-refractivity contribution >= 4 is 11.6 Å². The fraction of sp³-hybridized carbons (Fsp3) is 0.188. The lowest BCUT2D eigenvalue weighted by atomic mass is 10.1. The van der Waals surface area contributed by atoms with Crippen molar-refractivity contribution in [2.75, 3.05) is 12.4 Å². The topological polar surface area (TPSA) is 41.1 Å². The summed E-state index contributed by atoms with van der Waals surface area (Å²) in [5.74, 6) is -0.309. The SMILES string of the molecule is CNC(=O)c1ccc(NCc2ccc(C)c(F)c2)cc1. The molecule has 0 saturated carbocycles. The highest BCUT2D eigenvalue weighted by atomic mass is 19.1. The van der Waals surface area contributed by atoms with Crippen LogP contribution in [0.3, 0.4) is 0 Å². The molecule has 4 heteroatoms. The summed E-state index contributed by atoms with van der Waals surface area (Å²) in [7, 11) is 1.60. The van der Waals surface area contributed by atoms with E-state index in [1.807, 2.05) is 18.2 Å². The number of hydrogen-bond acceptors (Lipinski definition) is 2. The fourth-order valence-corrected chi connectivity index (χ4v) is 1.83. The van der Waals surface area contributed by atoms with Crippen LogP contribution in [0.15, 0.2) is 42.5 Å². The molecule has 2 rings (SSSR count). The van der Waals surface area contributed by atoms with Crippen molar-refractivity contribution < 1.29 is 9.18 Å². The Morgan fingerprint density at radius 2 is 1.85 bits per heavy atom. The van der Waals surface area contributed by atoms with Crippen LogP contribution >= 0.6 is 0 Å². The van der Waals surface area contributed by atoms with Crippen LogP contribution in [0.2, 0.25) is 0 Å². The molecule has 2 aromatic rings. The molecule has 0 aliphatic carbocycles. The van der Waals surface area contributed by atoms with Gasteiger partial charge in [-0.25, -0.2) is 4.39 Å². The van der Waals surface area contributed by atoms with E-state index in [1.165, 1.54) is 6.07 Å². The van der Waals surface area contributed by atoms with Gasteiger partial charge in [0.15, 0.2) is 0 Å². The molecule has 1 amide bonds. The van der Waals surface area contributed by atoms with Gasteiger partial charge < -0.3 is 10.6 Å². The average Bonchev–Trinajstić information content (AvgIpc) is 2.48. The molecule has 0 spiro atoms. The molecule has 3 nitrogen and oxygen atoms in total. The second-order valence-electron chi connectivity index (χ2n) is 4.59. The Morgan fingerprint density at radius 1 is 1.15 bits per heavy atom. The Balaban J connectivity index is 2.00. The second-order valence-corrected chi connectivity index (χ2v) is 4.59. The lowest BCUT2D eigenvalue weighted by Gasteiger charge is -2.08. The summed E-state index contributed by atoms with van der Waals surface area (Å²) in [6, 6.07) is 12.3. The van der Waals surface area contributed by atoms with E-state index >= 15 is 0 Å². The van der Waals surface area contributed by atoms with Crippen LogP contribution in [-0.2, 0) is 6.54 Å². The van der Waals surface area contributed by atoms with Crippen molar-refractivity contribution in [3.05, 3.63) is 65.0 Å². The number of carbonyl (C=O) groups excluding carboxylic acids is 1. The third-order valence-electron chi connectivity index (χ3n) is 3.11. The molecular weight excluding hydrogens is 255 g/mol. The first-order valence-electron chi connectivity index (χ1n) is 6.41. The van der Waals surface area contributed by atoms with Gasteiger partial charge in [-0.3, -0.25) is 4.79 Å². The summed E-state index contributed by atoms with van der Waals surface area (Å²) in [6.45, 7) is 2.28. The molecule has 0 unspecified atom stereocenters. The summed E-state index contributed by atoms with van der Waals surface area (Å²) >= 11 is 0. The summed E-state index contributed by atoms with van der Waals surface area (Å²) in [5, 5.41) is 5.76. The number of rotatable bonds is 4. The third-order valence-corrected chi connectivity index (χ3v) is 3.11. The average molecular weight is 272 g/mol. The Labute approximate surface area is 117 Å². The summed E-state index contributed by atoms with van der Waals surface area (Å²) in [6.07, 6.45) is 0. The first-order chi connectivity index (χ1) is 9.60. The van der Waals surface area contributed by atoms with Gasteiger partial charge in [-0.15, -0.1) is 0 Å². The minimum absolute atomic E-state index is 0.114. The van der Waals surface area contributed by atoms with Crippen molar-refractivity contribution in [2.24, 2.45) is 0 Å². The number of halogens is 1.